The van der Waals surface area contributed by atoms with E-state index in [-0.39, 0.29) is 18.5 Å². The molecular formula is C9H7BrFNO2. The van der Waals surface area contributed by atoms with E-state index in [1.54, 1.807) is 6.07 Å². The Labute approximate surface area is 88.4 Å². The van der Waals surface area contributed by atoms with E-state index in [4.69, 9.17) is 4.74 Å². The lowest BCUT2D eigenvalue weighted by Gasteiger charge is -2.09. The van der Waals surface area contributed by atoms with Gasteiger partial charge in [0, 0.05) is 4.47 Å². The number of carbonyl (C=O) groups excluding carboxylic acids is 1. The average Bonchev–Trinajstić information content (AvgIpc) is 2.56. The molecular weight excluding hydrogens is 253 g/mol. The molecule has 14 heavy (non-hydrogen) atoms. The molecule has 0 bridgehead atoms. The number of hydrogen-bond donors (Lipinski definition) is 1. The van der Waals surface area contributed by atoms with Crippen LogP contribution in [0.25, 0.3) is 0 Å². The smallest absolute Gasteiger partial charge is 0.407 e. The van der Waals surface area contributed by atoms with E-state index < -0.39 is 6.09 Å². The first-order valence-corrected chi connectivity index (χ1v) is 4.84. The van der Waals surface area contributed by atoms with Crippen molar-refractivity contribution in [2.45, 2.75) is 6.04 Å². The summed E-state index contributed by atoms with van der Waals surface area (Å²) >= 11 is 3.29. The van der Waals surface area contributed by atoms with Crippen molar-refractivity contribution in [3.8, 4) is 0 Å². The van der Waals surface area contributed by atoms with Crippen LogP contribution in [-0.2, 0) is 4.74 Å². The molecule has 1 atom stereocenters. The van der Waals surface area contributed by atoms with E-state index >= 15 is 0 Å². The van der Waals surface area contributed by atoms with Crippen molar-refractivity contribution >= 4 is 22.0 Å². The molecule has 1 unspecified atom stereocenters. The third kappa shape index (κ3) is 1.72. The summed E-state index contributed by atoms with van der Waals surface area (Å²) < 4.78 is 18.4. The van der Waals surface area contributed by atoms with Crippen LogP contribution in [0.1, 0.15) is 11.6 Å². The second-order valence-electron chi connectivity index (χ2n) is 2.96. The molecule has 1 saturated heterocycles. The fraction of sp³-hybridized carbons (Fsp3) is 0.222. The Hall–Kier alpha value is -1.10. The molecule has 0 spiro atoms. The molecule has 0 aliphatic carbocycles. The second kappa shape index (κ2) is 3.57. The zero-order chi connectivity index (χ0) is 10.1. The van der Waals surface area contributed by atoms with Gasteiger partial charge in [-0.1, -0.05) is 15.9 Å². The first-order valence-electron chi connectivity index (χ1n) is 4.05. The summed E-state index contributed by atoms with van der Waals surface area (Å²) in [7, 11) is 0. The van der Waals surface area contributed by atoms with Gasteiger partial charge < -0.3 is 10.1 Å². The molecule has 2 rings (SSSR count). The maximum atomic E-state index is 12.9. The first kappa shape index (κ1) is 9.45. The lowest BCUT2D eigenvalue weighted by molar-refractivity contribution is 0.177. The molecule has 1 fully saturated rings. The maximum Gasteiger partial charge on any atom is 0.407 e. The Balaban J connectivity index is 2.31. The van der Waals surface area contributed by atoms with Crippen LogP contribution in [-0.4, -0.2) is 12.7 Å². The van der Waals surface area contributed by atoms with Crippen molar-refractivity contribution in [2.75, 3.05) is 6.61 Å². The highest BCUT2D eigenvalue weighted by Crippen LogP contribution is 2.26. The Kier molecular flexibility index (Phi) is 2.41. The van der Waals surface area contributed by atoms with E-state index in [1.807, 2.05) is 0 Å². The Morgan fingerprint density at radius 3 is 3.00 bits per heavy atom. The number of ether oxygens (including phenoxy) is 1. The van der Waals surface area contributed by atoms with Crippen LogP contribution < -0.4 is 5.32 Å². The summed E-state index contributed by atoms with van der Waals surface area (Å²) in [5.41, 5.74) is 0.691. The predicted molar refractivity (Wildman–Crippen MR) is 51.3 cm³/mol. The van der Waals surface area contributed by atoms with Crippen LogP contribution in [0.3, 0.4) is 0 Å². The summed E-state index contributed by atoms with van der Waals surface area (Å²) in [5.74, 6) is -0.329. The van der Waals surface area contributed by atoms with Crippen LogP contribution in [0.4, 0.5) is 9.18 Å². The molecule has 1 amide bonds. The molecule has 0 radical (unpaired) electrons. The highest BCUT2D eigenvalue weighted by atomic mass is 79.9. The Morgan fingerprint density at radius 1 is 1.57 bits per heavy atom. The largest absolute Gasteiger partial charge is 0.447 e. The number of benzene rings is 1. The van der Waals surface area contributed by atoms with Gasteiger partial charge in [0.05, 0.1) is 6.04 Å². The minimum Gasteiger partial charge on any atom is -0.447 e. The van der Waals surface area contributed by atoms with Crippen molar-refractivity contribution in [1.29, 1.82) is 0 Å². The van der Waals surface area contributed by atoms with Crippen LogP contribution in [0.2, 0.25) is 0 Å². The molecule has 1 N–H and O–H groups in total. The lowest BCUT2D eigenvalue weighted by Crippen LogP contribution is -2.18. The quantitative estimate of drug-likeness (QED) is 0.841. The average molecular weight is 260 g/mol. The van der Waals surface area contributed by atoms with Gasteiger partial charge in [-0.25, -0.2) is 9.18 Å². The fourth-order valence-electron chi connectivity index (χ4n) is 1.33. The second-order valence-corrected chi connectivity index (χ2v) is 3.82. The van der Waals surface area contributed by atoms with Crippen molar-refractivity contribution in [3.05, 3.63) is 34.1 Å². The van der Waals surface area contributed by atoms with Crippen molar-refractivity contribution in [1.82, 2.24) is 5.32 Å². The first-order chi connectivity index (χ1) is 6.66. The standard InChI is InChI=1S/C9H7BrFNO2/c10-7-2-1-5(11)3-6(7)8-4-14-9(13)12-8/h1-3,8H,4H2,(H,12,13). The molecule has 1 aliphatic rings. The van der Waals surface area contributed by atoms with Crippen LogP contribution in [0.15, 0.2) is 22.7 Å². The maximum absolute atomic E-state index is 12.9. The monoisotopic (exact) mass is 259 g/mol. The number of nitrogens with one attached hydrogen (secondary N) is 1. The molecule has 1 heterocycles. The third-order valence-corrected chi connectivity index (χ3v) is 2.73. The van der Waals surface area contributed by atoms with Gasteiger partial charge in [0.1, 0.15) is 12.4 Å². The van der Waals surface area contributed by atoms with Crippen molar-refractivity contribution in [2.24, 2.45) is 0 Å². The van der Waals surface area contributed by atoms with Crippen LogP contribution >= 0.6 is 15.9 Å². The molecule has 0 saturated carbocycles. The number of halogens is 2. The van der Waals surface area contributed by atoms with Gasteiger partial charge in [0.25, 0.3) is 0 Å². The number of carbonyl (C=O) groups is 1. The molecule has 74 valence electrons. The van der Waals surface area contributed by atoms with Gasteiger partial charge in [-0.05, 0) is 23.8 Å². The predicted octanol–water partition coefficient (Wildman–Crippen LogP) is 2.37. The third-order valence-electron chi connectivity index (χ3n) is 2.01. The van der Waals surface area contributed by atoms with E-state index in [0.717, 1.165) is 4.47 Å². The number of hydrogen-bond acceptors (Lipinski definition) is 2. The van der Waals surface area contributed by atoms with Gasteiger partial charge in [-0.15, -0.1) is 0 Å². The lowest BCUT2D eigenvalue weighted by atomic mass is 10.1. The highest BCUT2D eigenvalue weighted by Gasteiger charge is 2.25. The fourth-order valence-corrected chi connectivity index (χ4v) is 1.86. The highest BCUT2D eigenvalue weighted by molar-refractivity contribution is 9.10. The van der Waals surface area contributed by atoms with Gasteiger partial charge in [0.15, 0.2) is 0 Å². The number of rotatable bonds is 1. The van der Waals surface area contributed by atoms with Gasteiger partial charge in [-0.2, -0.15) is 0 Å². The molecule has 1 aliphatic heterocycles. The van der Waals surface area contributed by atoms with Crippen molar-refractivity contribution in [3.63, 3.8) is 0 Å². The van der Waals surface area contributed by atoms with E-state index in [9.17, 15) is 9.18 Å². The summed E-state index contributed by atoms with van der Waals surface area (Å²) in [6.45, 7) is 0.237. The summed E-state index contributed by atoms with van der Waals surface area (Å²) in [6, 6.07) is 4.07. The number of alkyl carbamates (subject to hydrolysis) is 1. The molecule has 0 aromatic heterocycles. The SMILES string of the molecule is O=C1NC(c2cc(F)ccc2Br)CO1. The zero-order valence-corrected chi connectivity index (χ0v) is 8.67. The molecule has 1 aromatic rings. The molecule has 1 aromatic carbocycles. The number of cyclic esters (lactones) is 1. The zero-order valence-electron chi connectivity index (χ0n) is 7.09. The minimum atomic E-state index is -0.467. The van der Waals surface area contributed by atoms with Gasteiger partial charge >= 0.3 is 6.09 Å². The van der Waals surface area contributed by atoms with E-state index in [0.29, 0.717) is 5.56 Å². The molecule has 3 nitrogen and oxygen atoms in total. The Bertz CT molecular complexity index is 383. The number of amides is 1. The minimum absolute atomic E-state index is 0.237. The van der Waals surface area contributed by atoms with Crippen molar-refractivity contribution < 1.29 is 13.9 Å². The van der Waals surface area contributed by atoms with Crippen LogP contribution in [0.5, 0.6) is 0 Å². The summed E-state index contributed by atoms with van der Waals surface area (Å²) in [6.07, 6.45) is -0.467. The van der Waals surface area contributed by atoms with Crippen LogP contribution in [0, 0.1) is 5.82 Å². The molecule has 5 heteroatoms. The van der Waals surface area contributed by atoms with Gasteiger partial charge in [-0.3, -0.25) is 0 Å². The van der Waals surface area contributed by atoms with E-state index in [1.165, 1.54) is 12.1 Å². The van der Waals surface area contributed by atoms with Gasteiger partial charge in [0.2, 0.25) is 0 Å². The summed E-state index contributed by atoms with van der Waals surface area (Å²) in [4.78, 5) is 10.8. The normalized spacial score (nSPS) is 20.4. The topological polar surface area (TPSA) is 38.3 Å². The van der Waals surface area contributed by atoms with E-state index in [2.05, 4.69) is 21.2 Å². The summed E-state index contributed by atoms with van der Waals surface area (Å²) in [5, 5.41) is 2.58. The Morgan fingerprint density at radius 2 is 2.36 bits per heavy atom.